The van der Waals surface area contributed by atoms with Gasteiger partial charge in [0.1, 0.15) is 24.2 Å². The van der Waals surface area contributed by atoms with Gasteiger partial charge in [0.05, 0.1) is 0 Å². The lowest BCUT2D eigenvalue weighted by Crippen LogP contribution is -2.46. The van der Waals surface area contributed by atoms with E-state index in [1.165, 1.54) is 5.56 Å². The van der Waals surface area contributed by atoms with Gasteiger partial charge in [-0.2, -0.15) is 0 Å². The summed E-state index contributed by atoms with van der Waals surface area (Å²) < 4.78 is 11.3. The minimum atomic E-state index is 0.576. The van der Waals surface area contributed by atoms with Crippen LogP contribution in [0.15, 0.2) is 48.5 Å². The minimum absolute atomic E-state index is 0.576. The fourth-order valence-electron chi connectivity index (χ4n) is 3.88. The summed E-state index contributed by atoms with van der Waals surface area (Å²) in [5.74, 6) is 2.67. The van der Waals surface area contributed by atoms with Crippen LogP contribution in [0.1, 0.15) is 5.56 Å². The van der Waals surface area contributed by atoms with Crippen LogP contribution >= 0.6 is 11.6 Å². The standard InChI is InChI=1S/C22H22ClN3O2/c23-22-18-4-2-1-3-17(18)14-21(24-22)26-9-7-25(8-10-26)15-16-5-6-19-20(13-16)28-12-11-27-19/h1-6,13-14H,7-12,15H2. The number of hydrogen-bond acceptors (Lipinski definition) is 5. The monoisotopic (exact) mass is 395 g/mol. The normalized spacial score (nSPS) is 17.1. The van der Waals surface area contributed by atoms with Gasteiger partial charge in [-0.15, -0.1) is 0 Å². The number of halogens is 1. The Labute approximate surface area is 169 Å². The molecule has 2 aliphatic heterocycles. The molecule has 0 saturated carbocycles. The zero-order valence-corrected chi connectivity index (χ0v) is 16.4. The van der Waals surface area contributed by atoms with E-state index in [1.54, 1.807) is 0 Å². The van der Waals surface area contributed by atoms with Crippen LogP contribution in [0.25, 0.3) is 10.8 Å². The molecule has 1 fully saturated rings. The molecule has 0 spiro atoms. The van der Waals surface area contributed by atoms with Gasteiger partial charge in [0.2, 0.25) is 0 Å². The van der Waals surface area contributed by atoms with E-state index in [1.807, 2.05) is 24.3 Å². The fraction of sp³-hybridized carbons (Fsp3) is 0.318. The molecule has 144 valence electrons. The summed E-state index contributed by atoms with van der Waals surface area (Å²) in [5.41, 5.74) is 1.25. The first kappa shape index (κ1) is 17.6. The van der Waals surface area contributed by atoms with Crippen molar-refractivity contribution >= 4 is 28.2 Å². The van der Waals surface area contributed by atoms with Gasteiger partial charge in [-0.05, 0) is 29.1 Å². The maximum Gasteiger partial charge on any atom is 0.161 e. The van der Waals surface area contributed by atoms with E-state index in [9.17, 15) is 0 Å². The van der Waals surface area contributed by atoms with Gasteiger partial charge in [-0.3, -0.25) is 4.90 Å². The molecule has 0 aliphatic carbocycles. The van der Waals surface area contributed by atoms with Crippen molar-refractivity contribution in [3.63, 3.8) is 0 Å². The van der Waals surface area contributed by atoms with Crippen LogP contribution in [-0.4, -0.2) is 49.3 Å². The molecule has 0 unspecified atom stereocenters. The summed E-state index contributed by atoms with van der Waals surface area (Å²) in [7, 11) is 0. The molecule has 2 aliphatic rings. The third kappa shape index (κ3) is 3.48. The molecule has 0 bridgehead atoms. The Bertz CT molecular complexity index is 1000. The van der Waals surface area contributed by atoms with Crippen molar-refractivity contribution in [3.8, 4) is 11.5 Å². The maximum atomic E-state index is 6.41. The highest BCUT2D eigenvalue weighted by molar-refractivity contribution is 6.34. The SMILES string of the molecule is Clc1nc(N2CCN(Cc3ccc4c(c3)OCCO4)CC2)cc2ccccc12. The second-order valence-electron chi connectivity index (χ2n) is 7.23. The molecule has 2 aromatic carbocycles. The highest BCUT2D eigenvalue weighted by Crippen LogP contribution is 2.31. The fourth-order valence-corrected chi connectivity index (χ4v) is 4.14. The summed E-state index contributed by atoms with van der Waals surface area (Å²) in [5, 5.41) is 2.72. The molecule has 3 aromatic rings. The van der Waals surface area contributed by atoms with Crippen molar-refractivity contribution in [2.75, 3.05) is 44.3 Å². The van der Waals surface area contributed by atoms with Gasteiger partial charge in [-0.1, -0.05) is 41.9 Å². The second kappa shape index (κ2) is 7.49. The number of nitrogens with zero attached hydrogens (tertiary/aromatic N) is 3. The number of aromatic nitrogens is 1. The minimum Gasteiger partial charge on any atom is -0.486 e. The van der Waals surface area contributed by atoms with Gasteiger partial charge >= 0.3 is 0 Å². The zero-order valence-electron chi connectivity index (χ0n) is 15.6. The number of benzene rings is 2. The first-order chi connectivity index (χ1) is 13.8. The maximum absolute atomic E-state index is 6.41. The molecule has 6 heteroatoms. The van der Waals surface area contributed by atoms with Gasteiger partial charge in [-0.25, -0.2) is 4.98 Å². The van der Waals surface area contributed by atoms with Crippen molar-refractivity contribution in [2.24, 2.45) is 0 Å². The van der Waals surface area contributed by atoms with E-state index in [0.717, 1.165) is 60.8 Å². The number of pyridine rings is 1. The Kier molecular flexibility index (Phi) is 4.71. The molecule has 1 aromatic heterocycles. The topological polar surface area (TPSA) is 37.8 Å². The lowest BCUT2D eigenvalue weighted by atomic mass is 10.1. The highest BCUT2D eigenvalue weighted by Gasteiger charge is 2.20. The van der Waals surface area contributed by atoms with Crippen LogP contribution in [0.4, 0.5) is 5.82 Å². The number of rotatable bonds is 3. The molecule has 0 atom stereocenters. The molecule has 0 amide bonds. The van der Waals surface area contributed by atoms with E-state index in [2.05, 4.69) is 39.0 Å². The van der Waals surface area contributed by atoms with Crippen LogP contribution in [0.3, 0.4) is 0 Å². The smallest absolute Gasteiger partial charge is 0.161 e. The third-order valence-corrected chi connectivity index (χ3v) is 5.68. The number of piperazine rings is 1. The molecule has 28 heavy (non-hydrogen) atoms. The quantitative estimate of drug-likeness (QED) is 0.627. The van der Waals surface area contributed by atoms with E-state index in [4.69, 9.17) is 21.1 Å². The number of anilines is 1. The Hall–Kier alpha value is -2.50. The molecule has 1 saturated heterocycles. The average molecular weight is 396 g/mol. The van der Waals surface area contributed by atoms with Gasteiger partial charge in [0, 0.05) is 38.1 Å². The van der Waals surface area contributed by atoms with E-state index in [0.29, 0.717) is 18.4 Å². The van der Waals surface area contributed by atoms with Gasteiger partial charge in [0.15, 0.2) is 11.5 Å². The molecule has 5 rings (SSSR count). The Balaban J connectivity index is 1.25. The van der Waals surface area contributed by atoms with Crippen molar-refractivity contribution < 1.29 is 9.47 Å². The zero-order chi connectivity index (χ0) is 18.9. The Morgan fingerprint density at radius 2 is 1.68 bits per heavy atom. The van der Waals surface area contributed by atoms with Crippen molar-refractivity contribution in [1.29, 1.82) is 0 Å². The first-order valence-electron chi connectivity index (χ1n) is 9.67. The Morgan fingerprint density at radius 1 is 0.893 bits per heavy atom. The summed E-state index contributed by atoms with van der Waals surface area (Å²) in [6.45, 7) is 6.01. The largest absolute Gasteiger partial charge is 0.486 e. The molecule has 0 radical (unpaired) electrons. The second-order valence-corrected chi connectivity index (χ2v) is 7.59. The van der Waals surface area contributed by atoms with Gasteiger partial charge in [0.25, 0.3) is 0 Å². The Morgan fingerprint density at radius 3 is 2.54 bits per heavy atom. The van der Waals surface area contributed by atoms with Crippen molar-refractivity contribution in [3.05, 3.63) is 59.2 Å². The van der Waals surface area contributed by atoms with Crippen LogP contribution < -0.4 is 14.4 Å². The van der Waals surface area contributed by atoms with Crippen molar-refractivity contribution in [2.45, 2.75) is 6.54 Å². The third-order valence-electron chi connectivity index (χ3n) is 5.39. The molecular formula is C22H22ClN3O2. The first-order valence-corrected chi connectivity index (χ1v) is 10.1. The molecule has 5 nitrogen and oxygen atoms in total. The molecule has 3 heterocycles. The van der Waals surface area contributed by atoms with E-state index >= 15 is 0 Å². The van der Waals surface area contributed by atoms with E-state index < -0.39 is 0 Å². The van der Waals surface area contributed by atoms with Crippen LogP contribution in [0.5, 0.6) is 11.5 Å². The molecular weight excluding hydrogens is 374 g/mol. The number of hydrogen-bond donors (Lipinski definition) is 0. The van der Waals surface area contributed by atoms with Crippen LogP contribution in [0.2, 0.25) is 5.15 Å². The number of ether oxygens (including phenoxy) is 2. The highest BCUT2D eigenvalue weighted by atomic mass is 35.5. The van der Waals surface area contributed by atoms with Crippen LogP contribution in [0, 0.1) is 0 Å². The number of fused-ring (bicyclic) bond motifs is 2. The van der Waals surface area contributed by atoms with Crippen LogP contribution in [-0.2, 0) is 6.54 Å². The predicted octanol–water partition coefficient (Wildman–Crippen LogP) is 3.98. The van der Waals surface area contributed by atoms with Crippen molar-refractivity contribution in [1.82, 2.24) is 9.88 Å². The lowest BCUT2D eigenvalue weighted by molar-refractivity contribution is 0.171. The predicted molar refractivity (Wildman–Crippen MR) is 112 cm³/mol. The summed E-state index contributed by atoms with van der Waals surface area (Å²) in [6, 6.07) is 16.5. The van der Waals surface area contributed by atoms with Gasteiger partial charge < -0.3 is 14.4 Å². The summed E-state index contributed by atoms with van der Waals surface area (Å²) >= 11 is 6.41. The molecule has 0 N–H and O–H groups in total. The average Bonchev–Trinajstić information content (AvgIpc) is 2.74. The van der Waals surface area contributed by atoms with E-state index in [-0.39, 0.29) is 0 Å². The summed E-state index contributed by atoms with van der Waals surface area (Å²) in [6.07, 6.45) is 0. The summed E-state index contributed by atoms with van der Waals surface area (Å²) in [4.78, 5) is 9.41. The lowest BCUT2D eigenvalue weighted by Gasteiger charge is -2.35.